The first kappa shape index (κ1) is 51.1. The summed E-state index contributed by atoms with van der Waals surface area (Å²) in [6.07, 6.45) is 0. The molecular formula is C88H52S2. The van der Waals surface area contributed by atoms with Gasteiger partial charge in [0.05, 0.1) is 0 Å². The first-order valence-electron chi connectivity index (χ1n) is 31.0. The highest BCUT2D eigenvalue weighted by molar-refractivity contribution is 7.27. The Kier molecular flexibility index (Phi) is 11.5. The number of hydrogen-bond donors (Lipinski definition) is 0. The molecule has 0 saturated carbocycles. The van der Waals surface area contributed by atoms with E-state index in [1.807, 2.05) is 22.7 Å². The molecular weight excluding hydrogens is 1120 g/mol. The molecule has 0 aliphatic rings. The summed E-state index contributed by atoms with van der Waals surface area (Å²) >= 11 is 3.81. The number of fused-ring (bicyclic) bond motifs is 15. The molecule has 2 heteroatoms. The van der Waals surface area contributed by atoms with Gasteiger partial charge in [-0.2, -0.15) is 0 Å². The van der Waals surface area contributed by atoms with E-state index >= 15 is 0 Å². The van der Waals surface area contributed by atoms with E-state index in [2.05, 4.69) is 315 Å². The Bertz CT molecular complexity index is 6190. The van der Waals surface area contributed by atoms with Crippen molar-refractivity contribution in [3.63, 3.8) is 0 Å². The molecule has 2 aromatic heterocycles. The van der Waals surface area contributed by atoms with Crippen LogP contribution in [0.4, 0.5) is 0 Å². The van der Waals surface area contributed by atoms with Crippen LogP contribution in [0.25, 0.3) is 194 Å². The van der Waals surface area contributed by atoms with E-state index < -0.39 is 0 Å². The van der Waals surface area contributed by atoms with Crippen LogP contribution in [-0.4, -0.2) is 0 Å². The van der Waals surface area contributed by atoms with Crippen LogP contribution in [0.2, 0.25) is 0 Å². The summed E-state index contributed by atoms with van der Waals surface area (Å²) in [5, 5.41) is 22.7. The summed E-state index contributed by atoms with van der Waals surface area (Å²) in [5.74, 6) is 0. The van der Waals surface area contributed by atoms with Crippen LogP contribution in [0.5, 0.6) is 0 Å². The monoisotopic (exact) mass is 1170 g/mol. The van der Waals surface area contributed by atoms with Gasteiger partial charge in [0.25, 0.3) is 0 Å². The van der Waals surface area contributed by atoms with Gasteiger partial charge in [-0.15, -0.1) is 22.7 Å². The minimum Gasteiger partial charge on any atom is -0.135 e. The third-order valence-corrected chi connectivity index (χ3v) is 21.6. The van der Waals surface area contributed by atoms with Crippen molar-refractivity contribution in [1.82, 2.24) is 0 Å². The molecule has 0 atom stereocenters. The molecule has 0 bridgehead atoms. The van der Waals surface area contributed by atoms with Crippen molar-refractivity contribution in [3.8, 4) is 77.9 Å². The van der Waals surface area contributed by atoms with Crippen LogP contribution in [0.3, 0.4) is 0 Å². The van der Waals surface area contributed by atoms with Crippen molar-refractivity contribution in [2.75, 3.05) is 0 Å². The van der Waals surface area contributed by atoms with Crippen LogP contribution in [0, 0.1) is 0 Å². The Morgan fingerprint density at radius 3 is 1.26 bits per heavy atom. The molecule has 19 rings (SSSR count). The molecule has 0 unspecified atom stereocenters. The lowest BCUT2D eigenvalue weighted by atomic mass is 9.82. The zero-order chi connectivity index (χ0) is 59.0. The third kappa shape index (κ3) is 7.92. The SMILES string of the molecule is c1ccc(-c2ccc(-c3c4ccccc4c(-c4ccc5c(c4)sc4ccc6ccccc6c45)c4cc(-c5ccc6c(-c7ccccc7-c7cccc8ccccc78)c7ccccc7c(-c7ccc8c(c7)sc7c9ccccc9ccc87)c6c5)ccc34)cc2)cc1. The zero-order valence-corrected chi connectivity index (χ0v) is 50.5. The summed E-state index contributed by atoms with van der Waals surface area (Å²) in [6.45, 7) is 0. The maximum Gasteiger partial charge on any atom is 0.0433 e. The Morgan fingerprint density at radius 2 is 0.578 bits per heavy atom. The van der Waals surface area contributed by atoms with Crippen molar-refractivity contribution in [2.45, 2.75) is 0 Å². The minimum atomic E-state index is 1.17. The lowest BCUT2D eigenvalue weighted by Crippen LogP contribution is -1.94. The standard InChI is InChI=1S/C88H52S2/c1-2-17-53(18-3-1)54-33-35-58(36-34-54)83-70-28-12-13-29-71(70)84(62-41-47-77-82(52-62)89-80-48-42-56-20-5-8-24-64(56)87(77)80)78-49-59(38-44-74(78)83)60-39-45-75-79(50-60)85(61-40-43-68-76-46-37-57-21-6-9-25-65(57)88(76)90-81(68)51-61)72-30-14-15-31-73(72)86(75)69-27-11-10-26-67(69)66-32-16-22-55-19-4-7-23-63(55)66/h1-52H. The number of thiophene rings is 2. The summed E-state index contributed by atoms with van der Waals surface area (Å²) in [7, 11) is 0. The number of benzene rings is 17. The van der Waals surface area contributed by atoms with E-state index in [4.69, 9.17) is 0 Å². The molecule has 0 saturated heterocycles. The highest BCUT2D eigenvalue weighted by Gasteiger charge is 2.24. The Hall–Kier alpha value is -11.0. The normalized spacial score (nSPS) is 12.0. The molecule has 19 aromatic rings. The van der Waals surface area contributed by atoms with Crippen LogP contribution in [-0.2, 0) is 0 Å². The summed E-state index contributed by atoms with van der Waals surface area (Å²) in [4.78, 5) is 0. The number of rotatable bonds is 7. The average Bonchev–Trinajstić information content (AvgIpc) is 1.07. The Balaban J connectivity index is 0.879. The van der Waals surface area contributed by atoms with E-state index in [-0.39, 0.29) is 0 Å². The van der Waals surface area contributed by atoms with E-state index in [1.165, 1.54) is 194 Å². The molecule has 0 N–H and O–H groups in total. The fourth-order valence-corrected chi connectivity index (χ4v) is 17.6. The van der Waals surface area contributed by atoms with Crippen molar-refractivity contribution >= 4 is 138 Å². The Labute approximate surface area is 528 Å². The van der Waals surface area contributed by atoms with Crippen molar-refractivity contribution in [3.05, 3.63) is 315 Å². The molecule has 0 aliphatic carbocycles. The van der Waals surface area contributed by atoms with Gasteiger partial charge in [0.15, 0.2) is 0 Å². The smallest absolute Gasteiger partial charge is 0.0433 e. The molecule has 0 amide bonds. The lowest BCUT2D eigenvalue weighted by molar-refractivity contribution is 1.61. The third-order valence-electron chi connectivity index (χ3n) is 19.2. The van der Waals surface area contributed by atoms with Crippen molar-refractivity contribution in [1.29, 1.82) is 0 Å². The maximum atomic E-state index is 2.52. The van der Waals surface area contributed by atoms with Crippen LogP contribution >= 0.6 is 22.7 Å². The van der Waals surface area contributed by atoms with Gasteiger partial charge >= 0.3 is 0 Å². The quantitative estimate of drug-likeness (QED) is 0.140. The second-order valence-corrected chi connectivity index (χ2v) is 26.2. The van der Waals surface area contributed by atoms with Gasteiger partial charge in [-0.05, 0) is 184 Å². The molecule has 0 spiro atoms. The van der Waals surface area contributed by atoms with Crippen LogP contribution < -0.4 is 0 Å². The highest BCUT2D eigenvalue weighted by atomic mass is 32.1. The first-order valence-corrected chi connectivity index (χ1v) is 32.7. The van der Waals surface area contributed by atoms with Gasteiger partial charge in [0.1, 0.15) is 0 Å². The van der Waals surface area contributed by atoms with Gasteiger partial charge in [-0.1, -0.05) is 285 Å². The predicted octanol–water partition coefficient (Wildman–Crippen LogP) is 26.2. The highest BCUT2D eigenvalue weighted by Crippen LogP contribution is 2.52. The summed E-state index contributed by atoms with van der Waals surface area (Å²) in [5.41, 5.74) is 17.0. The molecule has 2 heterocycles. The van der Waals surface area contributed by atoms with Gasteiger partial charge in [0.2, 0.25) is 0 Å². The largest absolute Gasteiger partial charge is 0.135 e. The molecule has 0 nitrogen and oxygen atoms in total. The van der Waals surface area contributed by atoms with Crippen molar-refractivity contribution < 1.29 is 0 Å². The van der Waals surface area contributed by atoms with E-state index in [0.717, 1.165) is 0 Å². The van der Waals surface area contributed by atoms with Gasteiger partial charge < -0.3 is 0 Å². The van der Waals surface area contributed by atoms with E-state index in [1.54, 1.807) is 0 Å². The lowest BCUT2D eigenvalue weighted by Gasteiger charge is -2.21. The molecule has 0 aliphatic heterocycles. The second-order valence-electron chi connectivity index (χ2n) is 24.1. The van der Waals surface area contributed by atoms with Gasteiger partial charge in [0, 0.05) is 40.3 Å². The molecule has 0 fully saturated rings. The van der Waals surface area contributed by atoms with Crippen LogP contribution in [0.1, 0.15) is 0 Å². The molecule has 416 valence electrons. The van der Waals surface area contributed by atoms with E-state index in [9.17, 15) is 0 Å². The van der Waals surface area contributed by atoms with Crippen LogP contribution in [0.15, 0.2) is 315 Å². The van der Waals surface area contributed by atoms with Gasteiger partial charge in [-0.25, -0.2) is 0 Å². The van der Waals surface area contributed by atoms with Crippen molar-refractivity contribution in [2.24, 2.45) is 0 Å². The summed E-state index contributed by atoms with van der Waals surface area (Å²) in [6, 6.07) is 119. The van der Waals surface area contributed by atoms with E-state index in [0.29, 0.717) is 0 Å². The predicted molar refractivity (Wildman–Crippen MR) is 393 cm³/mol. The maximum absolute atomic E-state index is 2.52. The molecule has 0 radical (unpaired) electrons. The summed E-state index contributed by atoms with van der Waals surface area (Å²) < 4.78 is 5.24. The fourth-order valence-electron chi connectivity index (χ4n) is 15.2. The topological polar surface area (TPSA) is 0 Å². The zero-order valence-electron chi connectivity index (χ0n) is 48.8. The Morgan fingerprint density at radius 1 is 0.167 bits per heavy atom. The fraction of sp³-hybridized carbons (Fsp3) is 0. The first-order chi connectivity index (χ1) is 44.6. The molecule has 90 heavy (non-hydrogen) atoms. The number of hydrogen-bond acceptors (Lipinski definition) is 2. The van der Waals surface area contributed by atoms with Gasteiger partial charge in [-0.3, -0.25) is 0 Å². The molecule has 17 aromatic carbocycles. The second kappa shape index (κ2) is 20.3. The average molecular weight is 1170 g/mol. The minimum absolute atomic E-state index is 1.17.